The number of esters is 1. The molecule has 0 aromatic heterocycles. The largest absolute Gasteiger partial charge is 0.456 e. The van der Waals surface area contributed by atoms with Gasteiger partial charge >= 0.3 is 77.5 Å². The monoisotopic (exact) mass is 686 g/mol. The van der Waals surface area contributed by atoms with Crippen molar-refractivity contribution in [1.29, 1.82) is 0 Å². The molecule has 2 nitrogen and oxygen atoms in total. The lowest BCUT2D eigenvalue weighted by atomic mass is 9.84. The molecule has 0 saturated carbocycles. The highest BCUT2D eigenvalue weighted by atomic mass is 19.4. The number of carbonyl (C=O) groups excluding carboxylic acids is 1. The molecular weight excluding hydrogens is 680 g/mol. The van der Waals surface area contributed by atoms with Crippen molar-refractivity contribution in [3.05, 3.63) is 12.7 Å². The van der Waals surface area contributed by atoms with Gasteiger partial charge < -0.3 is 4.74 Å². The number of hydrogen-bond donors (Lipinski definition) is 0. The molecule has 0 heterocycles. The number of alkyl halides is 24. The highest BCUT2D eigenvalue weighted by Gasteiger charge is 2.98. The normalized spacial score (nSPS) is 16.1. The molecule has 0 amide bonds. The molecule has 0 aliphatic rings. The zero-order valence-electron chi connectivity index (χ0n) is 18.5. The second kappa shape index (κ2) is 10.3. The van der Waals surface area contributed by atoms with Crippen LogP contribution in [-0.4, -0.2) is 84.1 Å². The van der Waals surface area contributed by atoms with Gasteiger partial charge in [-0.3, -0.25) is 0 Å². The average molecular weight is 686 g/mol. The van der Waals surface area contributed by atoms with Crippen LogP contribution in [0.25, 0.3) is 0 Å². The summed E-state index contributed by atoms with van der Waals surface area (Å²) in [4.78, 5) is 10.5. The molecule has 0 rings (SSSR count). The van der Waals surface area contributed by atoms with Crippen LogP contribution in [0.2, 0.25) is 0 Å². The predicted molar refractivity (Wildman–Crippen MR) is 81.6 cm³/mol. The van der Waals surface area contributed by atoms with E-state index in [0.29, 0.717) is 0 Å². The molecule has 0 aromatic rings. The summed E-state index contributed by atoms with van der Waals surface area (Å²) in [5.41, 5.74) is 0. The minimum absolute atomic E-state index is 0.228. The van der Waals surface area contributed by atoms with Gasteiger partial charge in [0.2, 0.25) is 0 Å². The Bertz CT molecular complexity index is 1010. The van der Waals surface area contributed by atoms with Gasteiger partial charge in [0.1, 0.15) is 0 Å². The highest BCUT2D eigenvalue weighted by Crippen LogP contribution is 2.67. The molecule has 0 fully saturated rings. The third-order valence-electron chi connectivity index (χ3n) is 4.87. The van der Waals surface area contributed by atoms with Crippen molar-refractivity contribution < 1.29 is 115 Å². The molecule has 26 heteroatoms. The van der Waals surface area contributed by atoms with E-state index in [9.17, 15) is 110 Å². The standard InChI is InChI=1S/C16H6F24O2/c1-2-4(41)42-3-6(19,20)8(23,24)10(27,28)12(31,32)14(35,36)16(39,40)15(37,38)13(33,34)11(29,30)9(25,26)7(21,22)5(17)18/h2,5H,1,3H2. The van der Waals surface area contributed by atoms with Gasteiger partial charge in [0, 0.05) is 6.08 Å². The van der Waals surface area contributed by atoms with E-state index in [1.54, 1.807) is 0 Å². The first-order chi connectivity index (χ1) is 17.9. The van der Waals surface area contributed by atoms with Crippen LogP contribution in [0, 0.1) is 0 Å². The number of hydrogen-bond acceptors (Lipinski definition) is 2. The van der Waals surface area contributed by atoms with E-state index in [4.69, 9.17) is 0 Å². The Morgan fingerprint density at radius 1 is 0.500 bits per heavy atom. The lowest BCUT2D eigenvalue weighted by Crippen LogP contribution is -2.78. The maximum absolute atomic E-state index is 13.7. The molecule has 0 radical (unpaired) electrons. The Kier molecular flexibility index (Phi) is 9.71. The van der Waals surface area contributed by atoms with E-state index < -0.39 is 84.1 Å². The van der Waals surface area contributed by atoms with E-state index in [1.165, 1.54) is 0 Å². The van der Waals surface area contributed by atoms with E-state index in [2.05, 4.69) is 11.3 Å². The van der Waals surface area contributed by atoms with E-state index >= 15 is 0 Å². The minimum Gasteiger partial charge on any atom is -0.456 e. The number of halogens is 24. The third kappa shape index (κ3) is 4.86. The Balaban J connectivity index is 7.18. The summed E-state index contributed by atoms with van der Waals surface area (Å²) in [7, 11) is 0. The van der Waals surface area contributed by atoms with E-state index in [0.717, 1.165) is 0 Å². The van der Waals surface area contributed by atoms with Gasteiger partial charge in [-0.15, -0.1) is 0 Å². The van der Waals surface area contributed by atoms with Gasteiger partial charge in [0.15, 0.2) is 6.61 Å². The molecule has 0 N–H and O–H groups in total. The summed E-state index contributed by atoms with van der Waals surface area (Å²) in [6.45, 7) is -1.15. The second-order valence-electron chi connectivity index (χ2n) is 7.61. The molecule has 42 heavy (non-hydrogen) atoms. The van der Waals surface area contributed by atoms with Crippen LogP contribution in [0.3, 0.4) is 0 Å². The third-order valence-corrected chi connectivity index (χ3v) is 4.87. The van der Waals surface area contributed by atoms with Crippen molar-refractivity contribution in [2.75, 3.05) is 6.61 Å². The Hall–Kier alpha value is -2.47. The van der Waals surface area contributed by atoms with Crippen molar-refractivity contribution in [3.8, 4) is 0 Å². The van der Waals surface area contributed by atoms with Crippen molar-refractivity contribution >= 4 is 5.97 Å². The second-order valence-corrected chi connectivity index (χ2v) is 7.61. The van der Waals surface area contributed by atoms with Crippen LogP contribution in [0.1, 0.15) is 0 Å². The molecule has 0 saturated heterocycles. The fraction of sp³-hybridized carbons (Fsp3) is 0.812. The first kappa shape index (κ1) is 39.5. The van der Waals surface area contributed by atoms with Crippen LogP contribution in [0.4, 0.5) is 105 Å². The van der Waals surface area contributed by atoms with Gasteiger partial charge in [0.05, 0.1) is 0 Å². The molecule has 0 aliphatic carbocycles. The zero-order chi connectivity index (χ0) is 34.8. The molecular formula is C16H6F24O2. The first-order valence-corrected chi connectivity index (χ1v) is 9.13. The fourth-order valence-corrected chi connectivity index (χ4v) is 2.27. The Labute approximate surface area is 213 Å². The SMILES string of the molecule is C=CC(=O)OCC(F)(F)C(F)(F)C(F)(F)C(F)(F)C(F)(F)C(F)(F)C(F)(F)C(F)(F)C(F)(F)C(F)(F)C(F)(F)C(F)F. The summed E-state index contributed by atoms with van der Waals surface area (Å²) in [5.74, 6) is -99.5. The van der Waals surface area contributed by atoms with Crippen molar-refractivity contribution in [3.63, 3.8) is 0 Å². The van der Waals surface area contributed by atoms with E-state index in [1.807, 2.05) is 0 Å². The van der Waals surface area contributed by atoms with Gasteiger partial charge in [0.25, 0.3) is 0 Å². The van der Waals surface area contributed by atoms with Gasteiger partial charge in [-0.05, 0) is 0 Å². The topological polar surface area (TPSA) is 26.3 Å². The number of carbonyl (C=O) groups is 1. The number of ether oxygens (including phenoxy) is 1. The molecule has 0 aliphatic heterocycles. The summed E-state index contributed by atoms with van der Waals surface area (Å²) in [6.07, 6.45) is -6.50. The summed E-state index contributed by atoms with van der Waals surface area (Å²) >= 11 is 0. The fourth-order valence-electron chi connectivity index (χ4n) is 2.27. The molecule has 0 aromatic carbocycles. The quantitative estimate of drug-likeness (QED) is 0.105. The van der Waals surface area contributed by atoms with Crippen molar-refractivity contribution in [2.45, 2.75) is 71.6 Å². The van der Waals surface area contributed by atoms with E-state index in [-0.39, 0.29) is 6.08 Å². The van der Waals surface area contributed by atoms with Crippen molar-refractivity contribution in [2.24, 2.45) is 0 Å². The number of rotatable bonds is 14. The summed E-state index contributed by atoms with van der Waals surface area (Å²) in [6, 6.07) is 0. The Morgan fingerprint density at radius 2 is 0.738 bits per heavy atom. The average Bonchev–Trinajstić information content (AvgIpc) is 2.80. The van der Waals surface area contributed by atoms with Gasteiger partial charge in [-0.1, -0.05) is 6.58 Å². The molecule has 250 valence electrons. The van der Waals surface area contributed by atoms with Gasteiger partial charge in [-0.2, -0.15) is 96.6 Å². The van der Waals surface area contributed by atoms with Crippen LogP contribution in [0.5, 0.6) is 0 Å². The molecule has 0 bridgehead atoms. The lowest BCUT2D eigenvalue weighted by Gasteiger charge is -2.45. The van der Waals surface area contributed by atoms with Crippen LogP contribution in [-0.2, 0) is 9.53 Å². The summed E-state index contributed by atoms with van der Waals surface area (Å²) in [5, 5.41) is 0. The van der Waals surface area contributed by atoms with Crippen LogP contribution < -0.4 is 0 Å². The first-order valence-electron chi connectivity index (χ1n) is 9.13. The van der Waals surface area contributed by atoms with Gasteiger partial charge in [-0.25, -0.2) is 13.6 Å². The highest BCUT2D eigenvalue weighted by molar-refractivity contribution is 5.81. The molecule has 0 unspecified atom stereocenters. The van der Waals surface area contributed by atoms with Crippen LogP contribution >= 0.6 is 0 Å². The zero-order valence-corrected chi connectivity index (χ0v) is 18.5. The maximum Gasteiger partial charge on any atom is 0.385 e. The van der Waals surface area contributed by atoms with Crippen molar-refractivity contribution in [1.82, 2.24) is 0 Å². The summed E-state index contributed by atoms with van der Waals surface area (Å²) < 4.78 is 322. The molecule has 0 atom stereocenters. The lowest BCUT2D eigenvalue weighted by molar-refractivity contribution is -0.476. The maximum atomic E-state index is 13.7. The minimum atomic E-state index is -9.53. The molecule has 0 spiro atoms. The van der Waals surface area contributed by atoms with Crippen LogP contribution in [0.15, 0.2) is 12.7 Å². The predicted octanol–water partition coefficient (Wildman–Crippen LogP) is 7.97. The smallest absolute Gasteiger partial charge is 0.385 e. The Morgan fingerprint density at radius 3 is 0.976 bits per heavy atom.